The van der Waals surface area contributed by atoms with E-state index >= 15 is 0 Å². The van der Waals surface area contributed by atoms with Gasteiger partial charge in [-0.2, -0.15) is 0 Å². The van der Waals surface area contributed by atoms with Gasteiger partial charge in [0.2, 0.25) is 0 Å². The maximum Gasteiger partial charge on any atom is 0.0702 e. The van der Waals surface area contributed by atoms with Gasteiger partial charge in [0.15, 0.2) is 0 Å². The first-order chi connectivity index (χ1) is 8.20. The Morgan fingerprint density at radius 1 is 1.35 bits per heavy atom. The van der Waals surface area contributed by atoms with Crippen molar-refractivity contribution in [3.63, 3.8) is 0 Å². The molecular weight excluding hydrogens is 230 g/mol. The number of benzene rings is 1. The second-order valence-electron chi connectivity index (χ2n) is 4.46. The lowest BCUT2D eigenvalue weighted by Gasteiger charge is -2.08. The molecule has 1 heterocycles. The fourth-order valence-electron chi connectivity index (χ4n) is 1.76. The smallest absolute Gasteiger partial charge is 0.0702 e. The molecule has 88 valence electrons. The van der Waals surface area contributed by atoms with Crippen LogP contribution in [-0.2, 0) is 0 Å². The molecule has 0 bridgehead atoms. The number of hydrogen-bond donors (Lipinski definition) is 0. The fraction of sp³-hybridized carbons (Fsp3) is 0.267. The molecule has 0 N–H and O–H groups in total. The number of alkyl halides is 1. The van der Waals surface area contributed by atoms with Gasteiger partial charge in [-0.05, 0) is 29.7 Å². The Bertz CT molecular complexity index is 543. The van der Waals surface area contributed by atoms with Gasteiger partial charge < -0.3 is 0 Å². The second-order valence-corrected chi connectivity index (χ2v) is 4.73. The molecule has 17 heavy (non-hydrogen) atoms. The van der Waals surface area contributed by atoms with Crippen LogP contribution in [0.2, 0.25) is 0 Å². The number of aromatic nitrogens is 1. The summed E-state index contributed by atoms with van der Waals surface area (Å²) in [5.74, 6) is 1.07. The summed E-state index contributed by atoms with van der Waals surface area (Å²) >= 11 is 5.95. The molecule has 2 aromatic rings. The lowest BCUT2D eigenvalue weighted by atomic mass is 10.0. The summed E-state index contributed by atoms with van der Waals surface area (Å²) in [7, 11) is 0. The number of hydrogen-bond acceptors (Lipinski definition) is 1. The molecule has 0 aliphatic heterocycles. The van der Waals surface area contributed by atoms with Crippen molar-refractivity contribution < 1.29 is 0 Å². The minimum absolute atomic E-state index is 0.483. The van der Waals surface area contributed by atoms with Gasteiger partial charge in [0, 0.05) is 17.5 Å². The van der Waals surface area contributed by atoms with Crippen molar-refractivity contribution in [3.8, 4) is 0 Å². The number of halogens is 1. The van der Waals surface area contributed by atoms with E-state index in [4.69, 9.17) is 11.6 Å². The average molecular weight is 246 g/mol. The first-order valence-electron chi connectivity index (χ1n) is 5.82. The SMILES string of the molecule is CC(C)C(=Cc1ccc2ncccc2c1)CCl. The zero-order chi connectivity index (χ0) is 12.3. The first kappa shape index (κ1) is 12.1. The highest BCUT2D eigenvalue weighted by atomic mass is 35.5. The van der Waals surface area contributed by atoms with Crippen molar-refractivity contribution >= 4 is 28.6 Å². The molecule has 0 aliphatic rings. The molecule has 0 saturated carbocycles. The van der Waals surface area contributed by atoms with E-state index < -0.39 is 0 Å². The summed E-state index contributed by atoms with van der Waals surface area (Å²) in [6, 6.07) is 10.3. The number of pyridine rings is 1. The summed E-state index contributed by atoms with van der Waals surface area (Å²) in [5, 5.41) is 1.17. The van der Waals surface area contributed by atoms with Gasteiger partial charge in [0.25, 0.3) is 0 Å². The minimum Gasteiger partial charge on any atom is -0.256 e. The van der Waals surface area contributed by atoms with Crippen LogP contribution in [0.1, 0.15) is 19.4 Å². The average Bonchev–Trinajstić information content (AvgIpc) is 2.35. The number of fused-ring (bicyclic) bond motifs is 1. The second kappa shape index (κ2) is 5.33. The molecule has 1 aromatic carbocycles. The van der Waals surface area contributed by atoms with Crippen LogP contribution in [-0.4, -0.2) is 10.9 Å². The van der Waals surface area contributed by atoms with Crippen LogP contribution in [0.15, 0.2) is 42.1 Å². The Kier molecular flexibility index (Phi) is 3.80. The summed E-state index contributed by atoms with van der Waals surface area (Å²) in [6.07, 6.45) is 3.99. The molecule has 0 radical (unpaired) electrons. The van der Waals surface area contributed by atoms with Gasteiger partial charge in [0.1, 0.15) is 0 Å². The Balaban J connectivity index is 2.43. The summed E-state index contributed by atoms with van der Waals surface area (Å²) in [4.78, 5) is 4.31. The third-order valence-corrected chi connectivity index (χ3v) is 3.18. The van der Waals surface area contributed by atoms with Crippen molar-refractivity contribution in [2.24, 2.45) is 5.92 Å². The maximum atomic E-state index is 5.95. The first-order valence-corrected chi connectivity index (χ1v) is 6.35. The van der Waals surface area contributed by atoms with Crippen LogP contribution in [0.4, 0.5) is 0 Å². The van der Waals surface area contributed by atoms with Gasteiger partial charge in [0.05, 0.1) is 5.52 Å². The van der Waals surface area contributed by atoms with Gasteiger partial charge in [-0.1, -0.05) is 37.6 Å². The van der Waals surface area contributed by atoms with Crippen LogP contribution in [0.5, 0.6) is 0 Å². The summed E-state index contributed by atoms with van der Waals surface area (Å²) in [5.41, 5.74) is 3.48. The van der Waals surface area contributed by atoms with Crippen LogP contribution in [0.25, 0.3) is 17.0 Å². The van der Waals surface area contributed by atoms with Gasteiger partial charge >= 0.3 is 0 Å². The van der Waals surface area contributed by atoms with E-state index in [0.717, 1.165) is 5.52 Å². The molecule has 2 heteroatoms. The monoisotopic (exact) mass is 245 g/mol. The van der Waals surface area contributed by atoms with Crippen LogP contribution in [0.3, 0.4) is 0 Å². The summed E-state index contributed by atoms with van der Waals surface area (Å²) < 4.78 is 0. The molecule has 0 atom stereocenters. The highest BCUT2D eigenvalue weighted by Gasteiger charge is 2.02. The quantitative estimate of drug-likeness (QED) is 0.725. The van der Waals surface area contributed by atoms with Crippen molar-refractivity contribution in [1.29, 1.82) is 0 Å². The van der Waals surface area contributed by atoms with E-state index in [1.165, 1.54) is 16.5 Å². The predicted octanol–water partition coefficient (Wildman–Crippen LogP) is 4.51. The largest absolute Gasteiger partial charge is 0.256 e. The maximum absolute atomic E-state index is 5.95. The standard InChI is InChI=1S/C15H16ClN/c1-11(2)14(10-16)9-12-5-6-15-13(8-12)4-3-7-17-15/h3-9,11H,10H2,1-2H3. The van der Waals surface area contributed by atoms with Gasteiger partial charge in [-0.3, -0.25) is 4.98 Å². The van der Waals surface area contributed by atoms with E-state index in [-0.39, 0.29) is 0 Å². The third kappa shape index (κ3) is 2.86. The summed E-state index contributed by atoms with van der Waals surface area (Å²) in [6.45, 7) is 4.33. The van der Waals surface area contributed by atoms with Crippen molar-refractivity contribution in [3.05, 3.63) is 47.7 Å². The number of nitrogens with zero attached hydrogens (tertiary/aromatic N) is 1. The normalized spacial score (nSPS) is 12.4. The Labute approximate surface area is 107 Å². The molecule has 0 amide bonds. The molecule has 2 rings (SSSR count). The number of allylic oxidation sites excluding steroid dienone is 1. The third-order valence-electron chi connectivity index (χ3n) is 2.88. The highest BCUT2D eigenvalue weighted by molar-refractivity contribution is 6.19. The Morgan fingerprint density at radius 2 is 2.18 bits per heavy atom. The van der Waals surface area contributed by atoms with Crippen molar-refractivity contribution in [2.45, 2.75) is 13.8 Å². The molecular formula is C15H16ClN. The van der Waals surface area contributed by atoms with Crippen molar-refractivity contribution in [2.75, 3.05) is 5.88 Å². The fourth-order valence-corrected chi connectivity index (χ4v) is 2.14. The molecule has 0 saturated heterocycles. The van der Waals surface area contributed by atoms with Crippen LogP contribution >= 0.6 is 11.6 Å². The van der Waals surface area contributed by atoms with Crippen LogP contribution < -0.4 is 0 Å². The lowest BCUT2D eigenvalue weighted by molar-refractivity contribution is 0.778. The van der Waals surface area contributed by atoms with E-state index in [2.05, 4.69) is 43.1 Å². The molecule has 1 aromatic heterocycles. The van der Waals surface area contributed by atoms with Crippen molar-refractivity contribution in [1.82, 2.24) is 4.98 Å². The Hall–Kier alpha value is -1.34. The van der Waals surface area contributed by atoms with E-state index in [9.17, 15) is 0 Å². The van der Waals surface area contributed by atoms with E-state index in [0.29, 0.717) is 11.8 Å². The van der Waals surface area contributed by atoms with Gasteiger partial charge in [-0.15, -0.1) is 11.6 Å². The molecule has 0 unspecified atom stereocenters. The van der Waals surface area contributed by atoms with Crippen LogP contribution in [0, 0.1) is 5.92 Å². The van der Waals surface area contributed by atoms with E-state index in [1.807, 2.05) is 18.3 Å². The molecule has 0 fully saturated rings. The number of rotatable bonds is 3. The van der Waals surface area contributed by atoms with E-state index in [1.54, 1.807) is 0 Å². The molecule has 1 nitrogen and oxygen atoms in total. The minimum atomic E-state index is 0.483. The topological polar surface area (TPSA) is 12.9 Å². The predicted molar refractivity (Wildman–Crippen MR) is 75.3 cm³/mol. The zero-order valence-electron chi connectivity index (χ0n) is 10.2. The molecule has 0 aliphatic carbocycles. The lowest BCUT2D eigenvalue weighted by Crippen LogP contribution is -1.95. The molecule has 0 spiro atoms. The van der Waals surface area contributed by atoms with Gasteiger partial charge in [-0.25, -0.2) is 0 Å². The Morgan fingerprint density at radius 3 is 2.88 bits per heavy atom. The zero-order valence-corrected chi connectivity index (χ0v) is 10.9. The highest BCUT2D eigenvalue weighted by Crippen LogP contribution is 2.19.